The standard InChI is InChI=1S/C26H22FNO/c1-2-19-11-14-22(15-12-19)28-17-24-23-9-5-3-7-20(23)13-16-26(24)29-18-21-8-4-6-10-25(21)27/h3-17H,2,18H2,1H3. The molecule has 3 heteroatoms. The molecule has 0 aliphatic heterocycles. The monoisotopic (exact) mass is 383 g/mol. The van der Waals surface area contributed by atoms with Gasteiger partial charge < -0.3 is 4.74 Å². The smallest absolute Gasteiger partial charge is 0.129 e. The second kappa shape index (κ2) is 8.70. The maximum atomic E-state index is 14.0. The van der Waals surface area contributed by atoms with Crippen molar-refractivity contribution < 1.29 is 9.13 Å². The molecule has 144 valence electrons. The van der Waals surface area contributed by atoms with Crippen LogP contribution < -0.4 is 4.74 Å². The molecule has 4 aromatic carbocycles. The van der Waals surface area contributed by atoms with Gasteiger partial charge in [-0.15, -0.1) is 0 Å². The van der Waals surface area contributed by atoms with Crippen LogP contribution in [-0.2, 0) is 13.0 Å². The molecule has 0 radical (unpaired) electrons. The van der Waals surface area contributed by atoms with E-state index in [9.17, 15) is 4.39 Å². The van der Waals surface area contributed by atoms with E-state index in [4.69, 9.17) is 4.74 Å². The predicted octanol–water partition coefficient (Wildman–Crippen LogP) is 6.87. The molecule has 4 aromatic rings. The topological polar surface area (TPSA) is 21.6 Å². The Kier molecular flexibility index (Phi) is 5.66. The number of aliphatic imine (C=N–C) groups is 1. The minimum atomic E-state index is -0.264. The second-order valence-electron chi connectivity index (χ2n) is 6.86. The van der Waals surface area contributed by atoms with E-state index in [-0.39, 0.29) is 12.4 Å². The number of fused-ring (bicyclic) bond motifs is 1. The molecule has 4 rings (SSSR count). The average molecular weight is 383 g/mol. The summed E-state index contributed by atoms with van der Waals surface area (Å²) in [6.07, 6.45) is 2.83. The Bertz CT molecular complexity index is 1150. The lowest BCUT2D eigenvalue weighted by molar-refractivity contribution is 0.300. The summed E-state index contributed by atoms with van der Waals surface area (Å²) < 4.78 is 20.0. The highest BCUT2D eigenvalue weighted by atomic mass is 19.1. The van der Waals surface area contributed by atoms with Crippen molar-refractivity contribution in [1.29, 1.82) is 0 Å². The Hall–Kier alpha value is -3.46. The molecule has 2 nitrogen and oxygen atoms in total. The van der Waals surface area contributed by atoms with E-state index < -0.39 is 0 Å². The van der Waals surface area contributed by atoms with Crippen LogP contribution in [0.5, 0.6) is 5.75 Å². The quantitative estimate of drug-likeness (QED) is 0.333. The Morgan fingerprint density at radius 2 is 1.62 bits per heavy atom. The van der Waals surface area contributed by atoms with Crippen LogP contribution in [0, 0.1) is 5.82 Å². The summed E-state index contributed by atoms with van der Waals surface area (Å²) >= 11 is 0. The number of benzene rings is 4. The number of hydrogen-bond acceptors (Lipinski definition) is 2. The van der Waals surface area contributed by atoms with Gasteiger partial charge in [-0.2, -0.15) is 0 Å². The van der Waals surface area contributed by atoms with E-state index in [1.165, 1.54) is 11.6 Å². The SMILES string of the molecule is CCc1ccc(N=Cc2c(OCc3ccccc3F)ccc3ccccc23)cc1. The van der Waals surface area contributed by atoms with E-state index in [0.717, 1.165) is 28.4 Å². The van der Waals surface area contributed by atoms with Crippen LogP contribution in [0.2, 0.25) is 0 Å². The number of rotatable bonds is 6. The summed E-state index contributed by atoms with van der Waals surface area (Å²) in [6, 6.07) is 26.9. The number of hydrogen-bond donors (Lipinski definition) is 0. The molecule has 0 aliphatic carbocycles. The lowest BCUT2D eigenvalue weighted by Gasteiger charge is -2.12. The summed E-state index contributed by atoms with van der Waals surface area (Å²) in [7, 11) is 0. The highest BCUT2D eigenvalue weighted by Crippen LogP contribution is 2.28. The van der Waals surface area contributed by atoms with Crippen molar-refractivity contribution in [3.05, 3.63) is 107 Å². The van der Waals surface area contributed by atoms with Crippen LogP contribution >= 0.6 is 0 Å². The van der Waals surface area contributed by atoms with Gasteiger partial charge in [0.1, 0.15) is 18.2 Å². The van der Waals surface area contributed by atoms with Gasteiger partial charge in [0.15, 0.2) is 0 Å². The third-order valence-electron chi connectivity index (χ3n) is 4.96. The van der Waals surface area contributed by atoms with Crippen molar-refractivity contribution in [3.63, 3.8) is 0 Å². The van der Waals surface area contributed by atoms with Gasteiger partial charge in [0.25, 0.3) is 0 Å². The van der Waals surface area contributed by atoms with Crippen molar-refractivity contribution >= 4 is 22.7 Å². The maximum Gasteiger partial charge on any atom is 0.129 e. The molecular formula is C26H22FNO. The summed E-state index contributed by atoms with van der Waals surface area (Å²) in [5.74, 6) is 0.417. The van der Waals surface area contributed by atoms with Crippen molar-refractivity contribution in [3.8, 4) is 5.75 Å². The van der Waals surface area contributed by atoms with Crippen molar-refractivity contribution in [2.24, 2.45) is 4.99 Å². The van der Waals surface area contributed by atoms with Gasteiger partial charge >= 0.3 is 0 Å². The van der Waals surface area contributed by atoms with E-state index in [0.29, 0.717) is 11.3 Å². The Morgan fingerprint density at radius 3 is 2.41 bits per heavy atom. The van der Waals surface area contributed by atoms with Crippen LogP contribution in [0.4, 0.5) is 10.1 Å². The van der Waals surface area contributed by atoms with Crippen LogP contribution in [-0.4, -0.2) is 6.21 Å². The molecule has 0 saturated carbocycles. The summed E-state index contributed by atoms with van der Waals surface area (Å²) in [4.78, 5) is 4.66. The van der Waals surface area contributed by atoms with Gasteiger partial charge in [0, 0.05) is 17.3 Å². The highest BCUT2D eigenvalue weighted by molar-refractivity contribution is 6.03. The third kappa shape index (κ3) is 4.35. The zero-order valence-corrected chi connectivity index (χ0v) is 16.3. The van der Waals surface area contributed by atoms with Gasteiger partial charge in [-0.25, -0.2) is 4.39 Å². The zero-order chi connectivity index (χ0) is 20.1. The summed E-state index contributed by atoms with van der Waals surface area (Å²) in [6.45, 7) is 2.30. The number of aryl methyl sites for hydroxylation is 1. The molecule has 0 aromatic heterocycles. The van der Waals surface area contributed by atoms with Gasteiger partial charge in [0.2, 0.25) is 0 Å². The number of nitrogens with zero attached hydrogens (tertiary/aromatic N) is 1. The van der Waals surface area contributed by atoms with Crippen LogP contribution in [0.3, 0.4) is 0 Å². The normalized spacial score (nSPS) is 11.2. The van der Waals surface area contributed by atoms with Gasteiger partial charge in [-0.1, -0.05) is 67.6 Å². The molecule has 0 heterocycles. The average Bonchev–Trinajstić information content (AvgIpc) is 2.77. The largest absolute Gasteiger partial charge is 0.488 e. The van der Waals surface area contributed by atoms with Gasteiger partial charge in [-0.3, -0.25) is 4.99 Å². The minimum absolute atomic E-state index is 0.164. The highest BCUT2D eigenvalue weighted by Gasteiger charge is 2.09. The minimum Gasteiger partial charge on any atom is -0.488 e. The molecule has 0 N–H and O–H groups in total. The van der Waals surface area contributed by atoms with Crippen molar-refractivity contribution in [2.45, 2.75) is 20.0 Å². The first kappa shape index (κ1) is 18.9. The van der Waals surface area contributed by atoms with Gasteiger partial charge in [0.05, 0.1) is 5.69 Å². The first-order chi connectivity index (χ1) is 14.2. The molecule has 0 fully saturated rings. The van der Waals surface area contributed by atoms with Crippen LogP contribution in [0.15, 0.2) is 89.9 Å². The van der Waals surface area contributed by atoms with E-state index in [1.807, 2.05) is 54.7 Å². The lowest BCUT2D eigenvalue weighted by atomic mass is 10.0. The fourth-order valence-electron chi connectivity index (χ4n) is 3.26. The Balaban J connectivity index is 1.68. The summed E-state index contributed by atoms with van der Waals surface area (Å²) in [5.41, 5.74) is 3.58. The van der Waals surface area contributed by atoms with Gasteiger partial charge in [-0.05, 0) is 47.0 Å². The molecule has 0 aliphatic rings. The molecule has 0 amide bonds. The Morgan fingerprint density at radius 1 is 0.862 bits per heavy atom. The predicted molar refractivity (Wildman–Crippen MR) is 118 cm³/mol. The molecule has 0 unspecified atom stereocenters. The van der Waals surface area contributed by atoms with Crippen LogP contribution in [0.1, 0.15) is 23.6 Å². The number of ether oxygens (including phenoxy) is 1. The van der Waals surface area contributed by atoms with E-state index in [1.54, 1.807) is 12.1 Å². The summed E-state index contributed by atoms with van der Waals surface area (Å²) in [5, 5.41) is 2.15. The maximum absolute atomic E-state index is 14.0. The molecule has 0 bridgehead atoms. The molecule has 29 heavy (non-hydrogen) atoms. The van der Waals surface area contributed by atoms with Crippen LogP contribution in [0.25, 0.3) is 10.8 Å². The van der Waals surface area contributed by atoms with Crippen molar-refractivity contribution in [1.82, 2.24) is 0 Å². The zero-order valence-electron chi connectivity index (χ0n) is 16.3. The second-order valence-corrected chi connectivity index (χ2v) is 6.86. The lowest BCUT2D eigenvalue weighted by Crippen LogP contribution is -2.01. The first-order valence-electron chi connectivity index (χ1n) is 9.75. The molecule has 0 spiro atoms. The molecular weight excluding hydrogens is 361 g/mol. The fourth-order valence-corrected chi connectivity index (χ4v) is 3.26. The number of halogens is 1. The third-order valence-corrected chi connectivity index (χ3v) is 4.96. The van der Waals surface area contributed by atoms with Crippen molar-refractivity contribution in [2.75, 3.05) is 0 Å². The fraction of sp³-hybridized carbons (Fsp3) is 0.115. The molecule has 0 atom stereocenters. The first-order valence-corrected chi connectivity index (χ1v) is 9.75. The van der Waals surface area contributed by atoms with E-state index in [2.05, 4.69) is 30.1 Å². The Labute approximate surface area is 170 Å². The van der Waals surface area contributed by atoms with E-state index >= 15 is 0 Å². The molecule has 0 saturated heterocycles.